The zero-order valence-corrected chi connectivity index (χ0v) is 21.2. The molecular weight excluding hydrogens is 534 g/mol. The summed E-state index contributed by atoms with van der Waals surface area (Å²) in [6, 6.07) is 16.9. The molecule has 2 aromatic carbocycles. The molecule has 1 aromatic heterocycles. The van der Waals surface area contributed by atoms with Gasteiger partial charge in [-0.05, 0) is 17.7 Å². The van der Waals surface area contributed by atoms with Gasteiger partial charge in [-0.1, -0.05) is 58.4 Å². The second kappa shape index (κ2) is 8.45. The van der Waals surface area contributed by atoms with Gasteiger partial charge < -0.3 is 34.3 Å². The third-order valence-corrected chi connectivity index (χ3v) is 7.67. The standard InChI is InChI=1S/C26H24BrNO8/c1-33-18-13-17-20(22(28-18)34-2)24(30)21(23(29)35-3)19(14-7-5-4-6-8-14)25(36-17,26(24,31)32)15-9-11-16(27)12-10-15/h4-13,19,21,30-32H,1-3H3/t19-,21-,24+,25+/m1/s1. The van der Waals surface area contributed by atoms with Crippen LogP contribution in [0.1, 0.15) is 22.6 Å². The van der Waals surface area contributed by atoms with Gasteiger partial charge in [0, 0.05) is 16.1 Å². The van der Waals surface area contributed by atoms with E-state index in [1.807, 2.05) is 0 Å². The van der Waals surface area contributed by atoms with Crippen molar-refractivity contribution in [3.63, 3.8) is 0 Å². The Labute approximate surface area is 215 Å². The number of esters is 1. The van der Waals surface area contributed by atoms with Crippen LogP contribution in [0.4, 0.5) is 0 Å². The highest BCUT2D eigenvalue weighted by molar-refractivity contribution is 9.10. The Balaban J connectivity index is 1.95. The van der Waals surface area contributed by atoms with Gasteiger partial charge in [-0.25, -0.2) is 0 Å². The summed E-state index contributed by atoms with van der Waals surface area (Å²) in [5.41, 5.74) is -4.09. The highest BCUT2D eigenvalue weighted by Gasteiger charge is 2.84. The molecule has 4 atom stereocenters. The molecule has 1 saturated carbocycles. The van der Waals surface area contributed by atoms with E-state index in [0.717, 1.165) is 4.47 Å². The number of benzene rings is 2. The maximum atomic E-state index is 13.4. The van der Waals surface area contributed by atoms with E-state index in [4.69, 9.17) is 18.9 Å². The van der Waals surface area contributed by atoms with Gasteiger partial charge in [-0.15, -0.1) is 0 Å². The first-order valence-electron chi connectivity index (χ1n) is 11.1. The topological polar surface area (TPSA) is 128 Å². The van der Waals surface area contributed by atoms with Gasteiger partial charge in [0.1, 0.15) is 11.7 Å². The lowest BCUT2D eigenvalue weighted by molar-refractivity contribution is -0.341. The average Bonchev–Trinajstić information content (AvgIpc) is 2.97. The van der Waals surface area contributed by atoms with Gasteiger partial charge >= 0.3 is 5.97 Å². The van der Waals surface area contributed by atoms with E-state index in [0.29, 0.717) is 11.1 Å². The van der Waals surface area contributed by atoms with Crippen molar-refractivity contribution >= 4 is 21.9 Å². The molecule has 3 N–H and O–H groups in total. The van der Waals surface area contributed by atoms with Gasteiger partial charge in [-0.2, -0.15) is 4.98 Å². The summed E-state index contributed by atoms with van der Waals surface area (Å²) >= 11 is 3.40. The Morgan fingerprint density at radius 1 is 1.00 bits per heavy atom. The largest absolute Gasteiger partial charge is 0.481 e. The summed E-state index contributed by atoms with van der Waals surface area (Å²) in [7, 11) is 3.87. The predicted octanol–water partition coefficient (Wildman–Crippen LogP) is 2.60. The van der Waals surface area contributed by atoms with Crippen LogP contribution in [0.2, 0.25) is 0 Å². The van der Waals surface area contributed by atoms with E-state index < -0.39 is 34.8 Å². The highest BCUT2D eigenvalue weighted by atomic mass is 79.9. The Hall–Kier alpha value is -3.18. The number of methoxy groups -OCH3 is 3. The smallest absolute Gasteiger partial charge is 0.312 e. The molecule has 10 heteroatoms. The number of hydrogen-bond donors (Lipinski definition) is 3. The number of aliphatic hydroxyl groups is 3. The van der Waals surface area contributed by atoms with E-state index in [2.05, 4.69) is 20.9 Å². The van der Waals surface area contributed by atoms with Crippen LogP contribution in [-0.4, -0.2) is 53.4 Å². The van der Waals surface area contributed by atoms with E-state index in [1.165, 1.54) is 27.4 Å². The number of nitrogens with zero attached hydrogens (tertiary/aromatic N) is 1. The molecule has 1 fully saturated rings. The Bertz CT molecular complexity index is 1320. The zero-order chi connectivity index (χ0) is 25.9. The molecule has 188 valence electrons. The van der Waals surface area contributed by atoms with E-state index >= 15 is 0 Å². The summed E-state index contributed by atoms with van der Waals surface area (Å²) in [5.74, 6) is -6.63. The third-order valence-electron chi connectivity index (χ3n) is 7.14. The quantitative estimate of drug-likeness (QED) is 0.320. The van der Waals surface area contributed by atoms with Crippen LogP contribution in [0.3, 0.4) is 0 Å². The van der Waals surface area contributed by atoms with Crippen molar-refractivity contribution in [3.05, 3.63) is 81.8 Å². The van der Waals surface area contributed by atoms with Gasteiger partial charge in [-0.3, -0.25) is 4.79 Å². The Morgan fingerprint density at radius 2 is 1.67 bits per heavy atom. The molecule has 1 aliphatic carbocycles. The number of carbonyl (C=O) groups is 1. The van der Waals surface area contributed by atoms with Crippen molar-refractivity contribution in [1.29, 1.82) is 0 Å². The fraction of sp³-hybridized carbons (Fsp3) is 0.308. The lowest BCUT2D eigenvalue weighted by Gasteiger charge is -2.49. The van der Waals surface area contributed by atoms with E-state index in [1.54, 1.807) is 54.6 Å². The van der Waals surface area contributed by atoms with Crippen LogP contribution in [0.25, 0.3) is 0 Å². The molecular formula is C26H24BrNO8. The summed E-state index contributed by atoms with van der Waals surface area (Å²) < 4.78 is 23.1. The van der Waals surface area contributed by atoms with Crippen molar-refractivity contribution < 1.29 is 39.1 Å². The molecule has 0 saturated heterocycles. The van der Waals surface area contributed by atoms with Crippen LogP contribution < -0.4 is 14.2 Å². The summed E-state index contributed by atoms with van der Waals surface area (Å²) in [6.07, 6.45) is 0. The minimum atomic E-state index is -3.05. The second-order valence-electron chi connectivity index (χ2n) is 8.72. The highest BCUT2D eigenvalue weighted by Crippen LogP contribution is 2.71. The van der Waals surface area contributed by atoms with Gasteiger partial charge in [0.25, 0.3) is 0 Å². The number of pyridine rings is 1. The molecule has 36 heavy (non-hydrogen) atoms. The van der Waals surface area contributed by atoms with Crippen molar-refractivity contribution in [2.24, 2.45) is 5.92 Å². The van der Waals surface area contributed by atoms with E-state index in [9.17, 15) is 20.1 Å². The number of fused-ring (bicyclic) bond motifs is 4. The van der Waals surface area contributed by atoms with Gasteiger partial charge in [0.2, 0.25) is 17.5 Å². The summed E-state index contributed by atoms with van der Waals surface area (Å²) in [6.45, 7) is 0. The van der Waals surface area contributed by atoms with Crippen molar-refractivity contribution in [2.75, 3.05) is 21.3 Å². The van der Waals surface area contributed by atoms with Gasteiger partial charge in [0.15, 0.2) is 11.2 Å². The SMILES string of the molecule is COC(=O)[C@H]1[C@@H](c2ccccc2)[C@]2(c3ccc(Br)cc3)Oc3cc(OC)nc(OC)c3[C@@]1(O)C2(O)O. The van der Waals surface area contributed by atoms with Gasteiger partial charge in [0.05, 0.1) is 32.8 Å². The molecule has 2 aliphatic rings. The number of carbonyl (C=O) groups excluding carboxylic acids is 1. The number of ether oxygens (including phenoxy) is 4. The van der Waals surface area contributed by atoms with Crippen LogP contribution in [0, 0.1) is 5.92 Å². The normalized spacial score (nSPS) is 27.5. The van der Waals surface area contributed by atoms with Crippen LogP contribution >= 0.6 is 15.9 Å². The molecule has 1 aliphatic heterocycles. The molecule has 3 aromatic rings. The molecule has 0 amide bonds. The molecule has 9 nitrogen and oxygen atoms in total. The number of rotatable bonds is 5. The fourth-order valence-corrected chi connectivity index (χ4v) is 5.91. The molecule has 0 spiro atoms. The fourth-order valence-electron chi connectivity index (χ4n) is 5.65. The number of halogens is 1. The predicted molar refractivity (Wildman–Crippen MR) is 130 cm³/mol. The maximum Gasteiger partial charge on any atom is 0.312 e. The molecule has 0 unspecified atom stereocenters. The van der Waals surface area contributed by atoms with E-state index in [-0.39, 0.29) is 23.1 Å². The minimum Gasteiger partial charge on any atom is -0.481 e. The maximum absolute atomic E-state index is 13.4. The first-order valence-corrected chi connectivity index (χ1v) is 11.8. The Morgan fingerprint density at radius 3 is 2.25 bits per heavy atom. The molecule has 0 radical (unpaired) electrons. The summed E-state index contributed by atoms with van der Waals surface area (Å²) in [5, 5.41) is 36.4. The summed E-state index contributed by atoms with van der Waals surface area (Å²) in [4.78, 5) is 17.7. The zero-order valence-electron chi connectivity index (χ0n) is 19.6. The molecule has 5 rings (SSSR count). The first-order chi connectivity index (χ1) is 17.2. The first kappa shape index (κ1) is 24.5. The average molecular weight is 558 g/mol. The third kappa shape index (κ3) is 2.98. The van der Waals surface area contributed by atoms with Crippen molar-refractivity contribution in [2.45, 2.75) is 22.9 Å². The lowest BCUT2D eigenvalue weighted by atomic mass is 9.74. The second-order valence-corrected chi connectivity index (χ2v) is 9.64. The van der Waals surface area contributed by atoms with Crippen molar-refractivity contribution in [3.8, 4) is 17.5 Å². The number of aromatic nitrogens is 1. The molecule has 2 heterocycles. The van der Waals surface area contributed by atoms with Crippen LogP contribution in [-0.2, 0) is 20.7 Å². The van der Waals surface area contributed by atoms with Crippen LogP contribution in [0.15, 0.2) is 65.1 Å². The Kier molecular flexibility index (Phi) is 5.75. The van der Waals surface area contributed by atoms with Crippen molar-refractivity contribution in [1.82, 2.24) is 4.98 Å². The minimum absolute atomic E-state index is 0.0233. The number of hydrogen-bond acceptors (Lipinski definition) is 9. The lowest BCUT2D eigenvalue weighted by Crippen LogP contribution is -2.65. The van der Waals surface area contributed by atoms with Crippen LogP contribution in [0.5, 0.6) is 17.5 Å². The molecule has 2 bridgehead atoms. The monoisotopic (exact) mass is 557 g/mol.